The summed E-state index contributed by atoms with van der Waals surface area (Å²) < 4.78 is 15.6. The number of benzene rings is 2. The molecule has 0 aliphatic carbocycles. The Morgan fingerprint density at radius 2 is 2.15 bits per heavy atom. The minimum absolute atomic E-state index is 0.0417. The zero-order valence-electron chi connectivity index (χ0n) is 13.0. The molecule has 2 aromatic carbocycles. The van der Waals surface area contributed by atoms with Crippen molar-refractivity contribution in [2.24, 2.45) is 4.99 Å². The van der Waals surface area contributed by atoms with Crippen LogP contribution < -0.4 is 4.80 Å². The molecule has 0 aliphatic heterocycles. The highest BCUT2D eigenvalue weighted by molar-refractivity contribution is 7.16. The average molecular weight is 390 g/mol. The van der Waals surface area contributed by atoms with Gasteiger partial charge in [-0.25, -0.2) is 4.39 Å². The van der Waals surface area contributed by atoms with Crippen LogP contribution in [0.15, 0.2) is 41.4 Å². The molecule has 0 saturated carbocycles. The molecule has 0 fully saturated rings. The summed E-state index contributed by atoms with van der Waals surface area (Å²) in [6.07, 6.45) is 5.37. The summed E-state index contributed by atoms with van der Waals surface area (Å²) >= 11 is 7.05. The van der Waals surface area contributed by atoms with Gasteiger partial charge >= 0.3 is 0 Å². The first kappa shape index (κ1) is 17.8. The highest BCUT2D eigenvalue weighted by atomic mass is 35.5. The van der Waals surface area contributed by atoms with Crippen molar-refractivity contribution in [1.82, 2.24) is 4.57 Å². The van der Waals surface area contributed by atoms with Crippen LogP contribution in [0.25, 0.3) is 10.2 Å². The Balaban J connectivity index is 2.17. The van der Waals surface area contributed by atoms with Crippen LogP contribution in [0.5, 0.6) is 0 Å². The quantitative estimate of drug-likeness (QED) is 0.388. The number of hydrogen-bond donors (Lipinski definition) is 0. The predicted molar refractivity (Wildman–Crippen MR) is 96.6 cm³/mol. The van der Waals surface area contributed by atoms with Crippen LogP contribution in [-0.2, 0) is 6.54 Å². The summed E-state index contributed by atoms with van der Waals surface area (Å²) in [7, 11) is 0. The minimum atomic E-state index is -0.753. The van der Waals surface area contributed by atoms with E-state index in [1.54, 1.807) is 10.6 Å². The first-order valence-electron chi connectivity index (χ1n) is 7.16. The molecule has 26 heavy (non-hydrogen) atoms. The monoisotopic (exact) mass is 389 g/mol. The third-order valence-corrected chi connectivity index (χ3v) is 4.85. The topological polar surface area (TPSA) is 77.5 Å². The number of nitrogens with zero attached hydrogens (tertiary/aromatic N) is 3. The van der Waals surface area contributed by atoms with Gasteiger partial charge in [0.05, 0.1) is 32.3 Å². The van der Waals surface area contributed by atoms with Gasteiger partial charge in [0.2, 0.25) is 0 Å². The Morgan fingerprint density at radius 1 is 1.38 bits per heavy atom. The molecule has 130 valence electrons. The van der Waals surface area contributed by atoms with E-state index in [9.17, 15) is 19.3 Å². The number of carbonyl (C=O) groups excluding carboxylic acids is 1. The van der Waals surface area contributed by atoms with Gasteiger partial charge in [-0.2, -0.15) is 4.99 Å². The maximum atomic E-state index is 13.4. The fraction of sp³-hybridized carbons (Fsp3) is 0.0588. The number of amides is 1. The molecule has 0 spiro atoms. The molecule has 3 aromatic rings. The van der Waals surface area contributed by atoms with E-state index < -0.39 is 16.6 Å². The summed E-state index contributed by atoms with van der Waals surface area (Å²) in [6, 6.07) is 7.66. The van der Waals surface area contributed by atoms with Crippen molar-refractivity contribution in [3.05, 3.63) is 67.7 Å². The largest absolute Gasteiger partial charge is 0.305 e. The average Bonchev–Trinajstić information content (AvgIpc) is 2.91. The van der Waals surface area contributed by atoms with Gasteiger partial charge in [0.15, 0.2) is 4.80 Å². The summed E-state index contributed by atoms with van der Waals surface area (Å²) in [6.45, 7) is 0.125. The lowest BCUT2D eigenvalue weighted by Crippen LogP contribution is -2.16. The molecule has 1 aromatic heterocycles. The van der Waals surface area contributed by atoms with Crippen LogP contribution in [0.1, 0.15) is 10.4 Å². The number of aromatic nitrogens is 1. The van der Waals surface area contributed by atoms with E-state index in [-0.39, 0.29) is 27.6 Å². The summed E-state index contributed by atoms with van der Waals surface area (Å²) in [5, 5.41) is 10.9. The second kappa shape index (κ2) is 7.07. The fourth-order valence-corrected chi connectivity index (χ4v) is 3.57. The molecule has 6 nitrogen and oxygen atoms in total. The first-order chi connectivity index (χ1) is 12.4. The van der Waals surface area contributed by atoms with Crippen LogP contribution in [0.2, 0.25) is 5.02 Å². The number of rotatable bonds is 3. The van der Waals surface area contributed by atoms with Gasteiger partial charge in [-0.15, -0.1) is 6.42 Å². The van der Waals surface area contributed by atoms with E-state index in [2.05, 4.69) is 10.9 Å². The van der Waals surface area contributed by atoms with Crippen molar-refractivity contribution in [3.63, 3.8) is 0 Å². The number of terminal acetylenes is 1. The van der Waals surface area contributed by atoms with Crippen LogP contribution in [0.4, 0.5) is 10.1 Å². The molecule has 0 unspecified atom stereocenters. The molecule has 0 N–H and O–H groups in total. The standard InChI is InChI=1S/C17H9ClFN3O3S/c1-2-7-21-14-6-3-10(19)8-15(14)26-17(21)20-16(23)12-9-11(22(24)25)4-5-13(12)18/h1,3-6,8-9H,7H2. The van der Waals surface area contributed by atoms with Crippen LogP contribution >= 0.6 is 22.9 Å². The van der Waals surface area contributed by atoms with Crippen LogP contribution in [0, 0.1) is 28.3 Å². The van der Waals surface area contributed by atoms with Crippen LogP contribution in [0.3, 0.4) is 0 Å². The van der Waals surface area contributed by atoms with Crippen molar-refractivity contribution in [1.29, 1.82) is 0 Å². The number of thiazole rings is 1. The van der Waals surface area contributed by atoms with Gasteiger partial charge in [0.25, 0.3) is 11.6 Å². The SMILES string of the molecule is C#CCn1c(=NC(=O)c2cc([N+](=O)[O-])ccc2Cl)sc2cc(F)ccc21. The van der Waals surface area contributed by atoms with Crippen LogP contribution in [-0.4, -0.2) is 15.4 Å². The molecule has 1 amide bonds. The highest BCUT2D eigenvalue weighted by Gasteiger charge is 2.16. The zero-order valence-corrected chi connectivity index (χ0v) is 14.6. The molecular weight excluding hydrogens is 381 g/mol. The van der Waals surface area contributed by atoms with E-state index in [4.69, 9.17) is 18.0 Å². The number of nitro benzene ring substituents is 1. The predicted octanol–water partition coefficient (Wildman–Crippen LogP) is 3.78. The summed E-state index contributed by atoms with van der Waals surface area (Å²) in [5.41, 5.74) is 0.255. The highest BCUT2D eigenvalue weighted by Crippen LogP contribution is 2.23. The second-order valence-corrected chi connectivity index (χ2v) is 6.54. The first-order valence-corrected chi connectivity index (χ1v) is 8.35. The lowest BCUT2D eigenvalue weighted by molar-refractivity contribution is -0.384. The molecule has 9 heteroatoms. The Morgan fingerprint density at radius 3 is 2.85 bits per heavy atom. The molecule has 3 rings (SSSR count). The smallest absolute Gasteiger partial charge is 0.281 e. The second-order valence-electron chi connectivity index (χ2n) is 5.13. The third kappa shape index (κ3) is 3.35. The molecule has 1 heterocycles. The molecule has 0 atom stereocenters. The Labute approximate surface area is 155 Å². The minimum Gasteiger partial charge on any atom is -0.305 e. The Hall–Kier alpha value is -3.02. The van der Waals surface area contributed by atoms with Gasteiger partial charge in [-0.1, -0.05) is 28.9 Å². The van der Waals surface area contributed by atoms with Crippen molar-refractivity contribution in [3.8, 4) is 12.3 Å². The van der Waals surface area contributed by atoms with Gasteiger partial charge < -0.3 is 4.57 Å². The summed E-state index contributed by atoms with van der Waals surface area (Å²) in [5.74, 6) is 1.28. The molecular formula is C17H9ClFN3O3S. The van der Waals surface area contributed by atoms with E-state index in [0.29, 0.717) is 10.2 Å². The maximum Gasteiger partial charge on any atom is 0.281 e. The fourth-order valence-electron chi connectivity index (χ4n) is 2.31. The van der Waals surface area contributed by atoms with Crippen molar-refractivity contribution >= 4 is 44.7 Å². The molecule has 0 bridgehead atoms. The zero-order chi connectivity index (χ0) is 18.8. The van der Waals surface area contributed by atoms with Crippen molar-refractivity contribution in [2.75, 3.05) is 0 Å². The Kier molecular flexibility index (Phi) is 4.84. The lowest BCUT2D eigenvalue weighted by atomic mass is 10.2. The van der Waals surface area contributed by atoms with Gasteiger partial charge in [-0.05, 0) is 24.3 Å². The maximum absolute atomic E-state index is 13.4. The third-order valence-electron chi connectivity index (χ3n) is 3.48. The number of hydrogen-bond acceptors (Lipinski definition) is 4. The van der Waals surface area contributed by atoms with Gasteiger partial charge in [0, 0.05) is 12.1 Å². The number of carbonyl (C=O) groups is 1. The Bertz CT molecular complexity index is 1160. The van der Waals surface area contributed by atoms with Gasteiger partial charge in [0.1, 0.15) is 5.82 Å². The summed E-state index contributed by atoms with van der Waals surface area (Å²) in [4.78, 5) is 27.0. The molecule has 0 saturated heterocycles. The lowest BCUT2D eigenvalue weighted by Gasteiger charge is -2.01. The molecule has 0 radical (unpaired) electrons. The van der Waals surface area contributed by atoms with Crippen molar-refractivity contribution < 1.29 is 14.1 Å². The van der Waals surface area contributed by atoms with E-state index in [1.165, 1.54) is 24.3 Å². The normalized spacial score (nSPS) is 11.5. The van der Waals surface area contributed by atoms with E-state index >= 15 is 0 Å². The van der Waals surface area contributed by atoms with E-state index in [0.717, 1.165) is 17.4 Å². The van der Waals surface area contributed by atoms with Gasteiger partial charge in [-0.3, -0.25) is 14.9 Å². The number of halogens is 2. The number of non-ortho nitro benzene ring substituents is 1. The van der Waals surface area contributed by atoms with E-state index in [1.807, 2.05) is 0 Å². The number of nitro groups is 1. The number of fused-ring (bicyclic) bond motifs is 1. The molecule has 0 aliphatic rings. The van der Waals surface area contributed by atoms with Crippen molar-refractivity contribution in [2.45, 2.75) is 6.54 Å².